The van der Waals surface area contributed by atoms with Crippen LogP contribution in [0.25, 0.3) is 11.0 Å². The fraction of sp³-hybridized carbons (Fsp3) is 0.429. The molecule has 4 aromatic heterocycles. The van der Waals surface area contributed by atoms with E-state index in [1.165, 1.54) is 24.3 Å². The summed E-state index contributed by atoms with van der Waals surface area (Å²) in [5, 5.41) is 11.5. The molecule has 1 atom stereocenters. The predicted molar refractivity (Wildman–Crippen MR) is 141 cm³/mol. The van der Waals surface area contributed by atoms with E-state index in [0.29, 0.717) is 11.6 Å². The van der Waals surface area contributed by atoms with E-state index < -0.39 is 11.9 Å². The third-order valence-corrected chi connectivity index (χ3v) is 6.11. The standard InChI is InChI=1S/C11H12FN3O.C10H11FN4O.ClH.2H2S/c12-9-6-5-8-11(16)13-10(14-15(8)9)7-3-1-2-4-7;11-8-4-3-7-10(16)13-9(14-15(7)8)6-2-1-5-12-6;;;/h5-7H,1-4H2,(H,13,14,16);3-4,6,12H,1-2,5H2,(H,13,14,16);1H;2*1H2/t;6-;;;/m.0.../s1. The van der Waals surface area contributed by atoms with E-state index in [-0.39, 0.29) is 73.5 Å². The van der Waals surface area contributed by atoms with Gasteiger partial charge < -0.3 is 15.3 Å². The molecule has 6 rings (SSSR count). The Morgan fingerprint density at radius 3 is 1.80 bits per heavy atom. The quantitative estimate of drug-likeness (QED) is 0.357. The molecule has 9 nitrogen and oxygen atoms in total. The Hall–Kier alpha value is -2.35. The van der Waals surface area contributed by atoms with Gasteiger partial charge in [0.25, 0.3) is 11.1 Å². The van der Waals surface area contributed by atoms with E-state index in [4.69, 9.17) is 0 Å². The van der Waals surface area contributed by atoms with E-state index in [1.807, 2.05) is 0 Å². The molecule has 1 aliphatic heterocycles. The fourth-order valence-electron chi connectivity index (χ4n) is 4.44. The molecule has 4 aromatic rings. The molecule has 14 heteroatoms. The molecule has 2 fully saturated rings. The van der Waals surface area contributed by atoms with Crippen molar-refractivity contribution in [3.63, 3.8) is 0 Å². The molecule has 0 bridgehead atoms. The lowest BCUT2D eigenvalue weighted by Crippen LogP contribution is -2.23. The summed E-state index contributed by atoms with van der Waals surface area (Å²) in [5.41, 5.74) is -0.0677. The van der Waals surface area contributed by atoms with Crippen LogP contribution in [0.5, 0.6) is 0 Å². The third kappa shape index (κ3) is 5.74. The topological polar surface area (TPSA) is 112 Å². The zero-order valence-electron chi connectivity index (χ0n) is 18.7. The fourth-order valence-corrected chi connectivity index (χ4v) is 4.44. The number of aromatic amines is 2. The van der Waals surface area contributed by atoms with Gasteiger partial charge in [-0.2, -0.15) is 55.0 Å². The maximum Gasteiger partial charge on any atom is 0.275 e. The normalized spacial score (nSPS) is 17.4. The number of nitrogens with zero attached hydrogens (tertiary/aromatic N) is 4. The highest BCUT2D eigenvalue weighted by Crippen LogP contribution is 2.31. The highest BCUT2D eigenvalue weighted by Gasteiger charge is 2.21. The molecule has 1 saturated carbocycles. The van der Waals surface area contributed by atoms with Gasteiger partial charge in [0.1, 0.15) is 22.7 Å². The van der Waals surface area contributed by atoms with Crippen molar-refractivity contribution in [2.75, 3.05) is 6.54 Å². The Morgan fingerprint density at radius 1 is 0.771 bits per heavy atom. The SMILES string of the molecule is Cl.O=c1[nH]c(C2CCCC2)nn2c(F)ccc12.O=c1[nH]c([C@@H]2CCCN2)nn2c(F)ccc12.S.S. The van der Waals surface area contributed by atoms with Crippen molar-refractivity contribution in [1.29, 1.82) is 0 Å². The molecule has 35 heavy (non-hydrogen) atoms. The van der Waals surface area contributed by atoms with E-state index in [9.17, 15) is 18.4 Å². The minimum Gasteiger partial charge on any atom is -0.307 e. The van der Waals surface area contributed by atoms with Crippen molar-refractivity contribution in [1.82, 2.24) is 34.5 Å². The number of rotatable bonds is 2. The van der Waals surface area contributed by atoms with Crippen molar-refractivity contribution in [2.45, 2.75) is 50.5 Å². The van der Waals surface area contributed by atoms with Crippen LogP contribution >= 0.6 is 39.4 Å². The number of hydrogen-bond donors (Lipinski definition) is 3. The minimum absolute atomic E-state index is 0. The van der Waals surface area contributed by atoms with Gasteiger partial charge in [0.2, 0.25) is 11.9 Å². The van der Waals surface area contributed by atoms with Crippen LogP contribution in [0, 0.1) is 11.9 Å². The zero-order chi connectivity index (χ0) is 22.2. The van der Waals surface area contributed by atoms with Crippen molar-refractivity contribution >= 4 is 50.4 Å². The largest absolute Gasteiger partial charge is 0.307 e. The first-order valence-corrected chi connectivity index (χ1v) is 10.8. The first-order valence-electron chi connectivity index (χ1n) is 10.8. The van der Waals surface area contributed by atoms with Gasteiger partial charge in [-0.3, -0.25) is 9.59 Å². The second-order valence-electron chi connectivity index (χ2n) is 8.22. The summed E-state index contributed by atoms with van der Waals surface area (Å²) in [6.45, 7) is 0.903. The summed E-state index contributed by atoms with van der Waals surface area (Å²) < 4.78 is 28.8. The average molecular weight is 548 g/mol. The molecule has 3 N–H and O–H groups in total. The number of hydrogen-bond acceptors (Lipinski definition) is 5. The Balaban J connectivity index is 0.000000227. The molecule has 2 aliphatic rings. The monoisotopic (exact) mass is 547 g/mol. The molecular weight excluding hydrogens is 520 g/mol. The summed E-state index contributed by atoms with van der Waals surface area (Å²) in [6, 6.07) is 5.39. The number of nitrogens with one attached hydrogen (secondary N) is 3. The molecule has 1 saturated heterocycles. The average Bonchev–Trinajstić information content (AvgIpc) is 3.58. The van der Waals surface area contributed by atoms with E-state index in [1.54, 1.807) is 0 Å². The van der Waals surface area contributed by atoms with Crippen molar-refractivity contribution < 1.29 is 8.78 Å². The van der Waals surface area contributed by atoms with Crippen LogP contribution in [0.1, 0.15) is 62.1 Å². The number of halogens is 3. The van der Waals surface area contributed by atoms with Crippen LogP contribution in [0.2, 0.25) is 0 Å². The number of fused-ring (bicyclic) bond motifs is 2. The van der Waals surface area contributed by atoms with Gasteiger partial charge in [0.15, 0.2) is 0 Å². The lowest BCUT2D eigenvalue weighted by molar-refractivity contribution is 0.520. The van der Waals surface area contributed by atoms with E-state index in [2.05, 4.69) is 25.5 Å². The lowest BCUT2D eigenvalue weighted by atomic mass is 10.1. The van der Waals surface area contributed by atoms with Gasteiger partial charge in [-0.1, -0.05) is 12.8 Å². The molecule has 192 valence electrons. The second kappa shape index (κ2) is 12.1. The second-order valence-corrected chi connectivity index (χ2v) is 8.22. The van der Waals surface area contributed by atoms with Gasteiger partial charge >= 0.3 is 0 Å². The van der Waals surface area contributed by atoms with Crippen LogP contribution in [-0.2, 0) is 0 Å². The molecule has 0 radical (unpaired) electrons. The molecule has 0 spiro atoms. The smallest absolute Gasteiger partial charge is 0.275 e. The zero-order valence-corrected chi connectivity index (χ0v) is 21.5. The predicted octanol–water partition coefficient (Wildman–Crippen LogP) is 3.05. The molecule has 0 amide bonds. The lowest BCUT2D eigenvalue weighted by Gasteiger charge is -2.08. The van der Waals surface area contributed by atoms with Gasteiger partial charge in [0, 0.05) is 5.92 Å². The minimum atomic E-state index is -0.514. The van der Waals surface area contributed by atoms with Crippen LogP contribution < -0.4 is 16.4 Å². The van der Waals surface area contributed by atoms with Crippen molar-refractivity contribution in [2.24, 2.45) is 0 Å². The van der Waals surface area contributed by atoms with Crippen LogP contribution in [-0.4, -0.2) is 35.7 Å². The Bertz CT molecular complexity index is 1290. The molecule has 0 aromatic carbocycles. The Labute approximate surface area is 219 Å². The van der Waals surface area contributed by atoms with Crippen molar-refractivity contribution in [3.8, 4) is 0 Å². The van der Waals surface area contributed by atoms with Gasteiger partial charge in [-0.25, -0.2) is 0 Å². The third-order valence-electron chi connectivity index (χ3n) is 6.11. The maximum atomic E-state index is 13.3. The molecule has 5 heterocycles. The van der Waals surface area contributed by atoms with E-state index in [0.717, 1.165) is 54.1 Å². The van der Waals surface area contributed by atoms with Gasteiger partial charge in [-0.05, 0) is 56.5 Å². The Morgan fingerprint density at radius 2 is 1.29 bits per heavy atom. The highest BCUT2D eigenvalue weighted by atomic mass is 35.5. The maximum absolute atomic E-state index is 13.3. The molecule has 0 unspecified atom stereocenters. The summed E-state index contributed by atoms with van der Waals surface area (Å²) in [5.74, 6) is 0.398. The summed E-state index contributed by atoms with van der Waals surface area (Å²) >= 11 is 0. The van der Waals surface area contributed by atoms with Gasteiger partial charge in [0.05, 0.1) is 6.04 Å². The summed E-state index contributed by atoms with van der Waals surface area (Å²) in [6.07, 6.45) is 6.31. The van der Waals surface area contributed by atoms with Crippen LogP contribution in [0.3, 0.4) is 0 Å². The molecule has 1 aliphatic carbocycles. The van der Waals surface area contributed by atoms with E-state index >= 15 is 0 Å². The van der Waals surface area contributed by atoms with Gasteiger partial charge in [-0.15, -0.1) is 12.4 Å². The summed E-state index contributed by atoms with van der Waals surface area (Å²) in [4.78, 5) is 28.8. The Kier molecular flexibility index (Phi) is 9.95. The number of aromatic nitrogens is 6. The highest BCUT2D eigenvalue weighted by molar-refractivity contribution is 7.59. The van der Waals surface area contributed by atoms with Crippen molar-refractivity contribution in [3.05, 3.63) is 68.5 Å². The van der Waals surface area contributed by atoms with Crippen LogP contribution in [0.4, 0.5) is 8.78 Å². The van der Waals surface area contributed by atoms with Crippen LogP contribution in [0.15, 0.2) is 33.9 Å². The summed E-state index contributed by atoms with van der Waals surface area (Å²) in [7, 11) is 0. The first kappa shape index (κ1) is 28.9. The molecular formula is C21H28ClF2N7O2S2. The number of H-pyrrole nitrogens is 2. The first-order chi connectivity index (χ1) is 15.5.